The Hall–Kier alpha value is -4.16. The number of nitrogens with two attached hydrogens (primary N) is 2. The number of hydrogen-bond acceptors (Lipinski definition) is 11. The van der Waals surface area contributed by atoms with Crippen molar-refractivity contribution >= 4 is 48.1 Å². The van der Waals surface area contributed by atoms with Gasteiger partial charge in [-0.1, -0.05) is 0 Å². The summed E-state index contributed by atoms with van der Waals surface area (Å²) in [6, 6.07) is -4.72. The molecular formula is C22H37N9O9. The van der Waals surface area contributed by atoms with Gasteiger partial charge in [-0.05, 0) is 25.7 Å². The number of carbonyl (C=O) groups is 7. The lowest BCUT2D eigenvalue weighted by atomic mass is 10.1. The van der Waals surface area contributed by atoms with Gasteiger partial charge in [-0.25, -0.2) is 10.9 Å². The largest absolute Gasteiger partial charge is 0.481 e. The maximum absolute atomic E-state index is 12.7. The molecule has 40 heavy (non-hydrogen) atoms. The summed E-state index contributed by atoms with van der Waals surface area (Å²) in [5.74, 6) is -4.92. The minimum atomic E-state index is -1.65. The average Bonchev–Trinajstić information content (AvgIpc) is 3.39. The molecule has 0 radical (unpaired) electrons. The second-order valence-corrected chi connectivity index (χ2v) is 8.75. The van der Waals surface area contributed by atoms with Crippen LogP contribution in [0.5, 0.6) is 0 Å². The van der Waals surface area contributed by atoms with Gasteiger partial charge in [0.1, 0.15) is 24.7 Å². The first-order valence-corrected chi connectivity index (χ1v) is 12.5. The lowest BCUT2D eigenvalue weighted by molar-refractivity contribution is -0.142. The third-order valence-electron chi connectivity index (χ3n) is 5.71. The quantitative estimate of drug-likeness (QED) is 0.0230. The Morgan fingerprint density at radius 2 is 1.77 bits per heavy atom. The molecule has 0 aliphatic carbocycles. The van der Waals surface area contributed by atoms with Gasteiger partial charge in [0.05, 0.1) is 38.2 Å². The molecule has 18 nitrogen and oxygen atoms in total. The number of amides is 4. The number of carboxylic acid groups (broad SMARTS) is 1. The molecule has 1 heterocycles. The van der Waals surface area contributed by atoms with Crippen LogP contribution in [0.15, 0.2) is 4.99 Å². The molecule has 1 rings (SSSR count). The van der Waals surface area contributed by atoms with Crippen molar-refractivity contribution in [2.45, 2.75) is 56.3 Å². The molecule has 1 unspecified atom stereocenters. The molecule has 18 heteroatoms. The Balaban J connectivity index is 2.76. The predicted octanol–water partition coefficient (Wildman–Crippen LogP) is -5.56. The summed E-state index contributed by atoms with van der Waals surface area (Å²) < 4.78 is 0. The molecule has 1 fully saturated rings. The normalized spacial score (nSPS) is 16.6. The molecule has 0 aromatic heterocycles. The van der Waals surface area contributed by atoms with Gasteiger partial charge in [-0.15, -0.1) is 0 Å². The van der Waals surface area contributed by atoms with Crippen molar-refractivity contribution in [1.82, 2.24) is 31.7 Å². The second-order valence-electron chi connectivity index (χ2n) is 8.75. The van der Waals surface area contributed by atoms with Crippen LogP contribution in [-0.2, 0) is 33.6 Å². The van der Waals surface area contributed by atoms with E-state index in [0.29, 0.717) is 31.8 Å². The number of aliphatic imine (C=N–C) groups is 1. The van der Waals surface area contributed by atoms with E-state index in [9.17, 15) is 43.8 Å². The number of guanidine groups is 1. The topological polar surface area (TPSA) is 288 Å². The number of nitrogens with one attached hydrogen (secondary N) is 5. The van der Waals surface area contributed by atoms with E-state index in [1.54, 1.807) is 0 Å². The molecule has 4 amide bonds. The predicted molar refractivity (Wildman–Crippen MR) is 138 cm³/mol. The van der Waals surface area contributed by atoms with Gasteiger partial charge in [-0.3, -0.25) is 29.0 Å². The number of aliphatic hydroxyl groups is 1. The monoisotopic (exact) mass is 571 g/mol. The average molecular weight is 572 g/mol. The van der Waals surface area contributed by atoms with Crippen LogP contribution >= 0.6 is 0 Å². The lowest BCUT2D eigenvalue weighted by Crippen LogP contribution is -2.57. The van der Waals surface area contributed by atoms with Crippen LogP contribution in [0.25, 0.3) is 0 Å². The van der Waals surface area contributed by atoms with Crippen molar-refractivity contribution in [3.05, 3.63) is 0 Å². The number of aldehydes is 2. The van der Waals surface area contributed by atoms with Crippen molar-refractivity contribution in [1.29, 1.82) is 0 Å². The van der Waals surface area contributed by atoms with Crippen LogP contribution in [0.4, 0.5) is 0 Å². The van der Waals surface area contributed by atoms with Crippen LogP contribution in [0.3, 0.4) is 0 Å². The zero-order valence-corrected chi connectivity index (χ0v) is 21.8. The Labute approximate surface area is 229 Å². The SMILES string of the molecule is NC(N)=NCCC[C@H](NNCC=O)C(=O)NCC(=O)N[C@@H](CC(=O)O)C(=O)N[C@@H](CO)C(=O)N1CCCC1C=O. The molecule has 1 aliphatic heterocycles. The first kappa shape index (κ1) is 33.9. The fourth-order valence-corrected chi connectivity index (χ4v) is 3.78. The molecule has 0 bridgehead atoms. The van der Waals surface area contributed by atoms with Crippen molar-refractivity contribution < 1.29 is 43.8 Å². The third kappa shape index (κ3) is 12.1. The third-order valence-corrected chi connectivity index (χ3v) is 5.71. The van der Waals surface area contributed by atoms with Crippen molar-refractivity contribution in [3.8, 4) is 0 Å². The van der Waals surface area contributed by atoms with Gasteiger partial charge in [0.25, 0.3) is 0 Å². The van der Waals surface area contributed by atoms with Gasteiger partial charge in [-0.2, -0.15) is 0 Å². The summed E-state index contributed by atoms with van der Waals surface area (Å²) in [6.45, 7) is -1.10. The zero-order valence-electron chi connectivity index (χ0n) is 21.8. The number of hydrazine groups is 1. The van der Waals surface area contributed by atoms with E-state index >= 15 is 0 Å². The summed E-state index contributed by atoms with van der Waals surface area (Å²) in [5, 5.41) is 25.6. The number of rotatable bonds is 19. The van der Waals surface area contributed by atoms with Gasteiger partial charge in [0.2, 0.25) is 23.6 Å². The van der Waals surface area contributed by atoms with Gasteiger partial charge >= 0.3 is 5.97 Å². The van der Waals surface area contributed by atoms with Crippen molar-refractivity contribution in [2.24, 2.45) is 16.5 Å². The van der Waals surface area contributed by atoms with Crippen LogP contribution in [0, 0.1) is 0 Å². The van der Waals surface area contributed by atoms with E-state index in [-0.39, 0.29) is 32.0 Å². The van der Waals surface area contributed by atoms with E-state index in [2.05, 4.69) is 31.8 Å². The Kier molecular flexibility index (Phi) is 15.4. The first-order chi connectivity index (χ1) is 19.0. The zero-order chi connectivity index (χ0) is 30.1. The minimum Gasteiger partial charge on any atom is -0.481 e. The molecular weight excluding hydrogens is 534 g/mol. The highest BCUT2D eigenvalue weighted by atomic mass is 16.4. The fraction of sp³-hybridized carbons (Fsp3) is 0.636. The van der Waals surface area contributed by atoms with Crippen LogP contribution in [0.2, 0.25) is 0 Å². The Morgan fingerprint density at radius 1 is 1.05 bits per heavy atom. The summed E-state index contributed by atoms with van der Waals surface area (Å²) in [6.07, 6.45) is 1.86. The highest BCUT2D eigenvalue weighted by molar-refractivity contribution is 5.95. The van der Waals surface area contributed by atoms with E-state index in [1.807, 2.05) is 0 Å². The van der Waals surface area contributed by atoms with E-state index in [0.717, 1.165) is 0 Å². The van der Waals surface area contributed by atoms with Crippen molar-refractivity contribution in [3.63, 3.8) is 0 Å². The molecule has 1 aliphatic rings. The smallest absolute Gasteiger partial charge is 0.305 e. The maximum atomic E-state index is 12.7. The molecule has 0 saturated carbocycles. The van der Waals surface area contributed by atoms with E-state index in [1.165, 1.54) is 4.90 Å². The van der Waals surface area contributed by atoms with Gasteiger partial charge in [0.15, 0.2) is 5.96 Å². The first-order valence-electron chi connectivity index (χ1n) is 12.5. The molecule has 224 valence electrons. The number of hydrogen-bond donors (Lipinski definition) is 9. The fourth-order valence-electron chi connectivity index (χ4n) is 3.78. The van der Waals surface area contributed by atoms with E-state index < -0.39 is 73.3 Å². The summed E-state index contributed by atoms with van der Waals surface area (Å²) in [5.41, 5.74) is 15.7. The summed E-state index contributed by atoms with van der Waals surface area (Å²) in [4.78, 5) is 88.5. The number of nitrogens with zero attached hydrogens (tertiary/aromatic N) is 2. The van der Waals surface area contributed by atoms with Gasteiger partial charge in [0, 0.05) is 13.1 Å². The number of carboxylic acids is 1. The molecule has 0 aromatic carbocycles. The molecule has 0 aromatic rings. The number of likely N-dealkylation sites (tertiary alicyclic amines) is 1. The number of aliphatic carboxylic acids is 1. The van der Waals surface area contributed by atoms with Gasteiger partial charge < -0.3 is 52.1 Å². The molecule has 0 spiro atoms. The van der Waals surface area contributed by atoms with Crippen LogP contribution in [0.1, 0.15) is 32.1 Å². The lowest BCUT2D eigenvalue weighted by Gasteiger charge is -2.27. The minimum absolute atomic E-state index is 0.102. The Bertz CT molecular complexity index is 943. The molecule has 11 N–H and O–H groups in total. The summed E-state index contributed by atoms with van der Waals surface area (Å²) in [7, 11) is 0. The summed E-state index contributed by atoms with van der Waals surface area (Å²) >= 11 is 0. The van der Waals surface area contributed by atoms with Crippen LogP contribution < -0.4 is 38.3 Å². The molecule has 4 atom stereocenters. The van der Waals surface area contributed by atoms with E-state index in [4.69, 9.17) is 11.5 Å². The van der Waals surface area contributed by atoms with Crippen molar-refractivity contribution in [2.75, 3.05) is 32.8 Å². The standard InChI is InChI=1S/C22H37N9O9/c23-22(24)25-5-1-4-14(30-27-6-8-32)19(38)26-10-17(35)28-15(9-18(36)37)20(39)29-16(12-34)21(40)31-7-2-3-13(31)11-33/h8,11,13-16,27,30,34H,1-7,9-10,12H2,(H,26,38)(H,28,35)(H,29,39)(H,36,37)(H4,23,24,25)/t13?,14-,15-,16-/m0/s1. The second kappa shape index (κ2) is 18.2. The Morgan fingerprint density at radius 3 is 2.38 bits per heavy atom. The van der Waals surface area contributed by atoms with Crippen LogP contribution in [-0.4, -0.2) is 120 Å². The number of aliphatic hydroxyl groups excluding tert-OH is 1. The molecule has 1 saturated heterocycles. The maximum Gasteiger partial charge on any atom is 0.305 e. The highest BCUT2D eigenvalue weighted by Crippen LogP contribution is 2.16. The number of carbonyl (C=O) groups excluding carboxylic acids is 6. The highest BCUT2D eigenvalue weighted by Gasteiger charge is 2.35.